The van der Waals surface area contributed by atoms with Gasteiger partial charge in [0.25, 0.3) is 0 Å². The standard InChI is InChI=1S/C65H46N8O/c1-43(59-44(2)74-58-39-23-19-35-52(58)59)51-34-18-21-37-56(51)73(50-32-16-7-17-33-50)57-38-22-20-36-55(57)66-54-41-40-49(64-69-60(45-24-8-3-9-25-45)67-61(70-64)46-26-10-4-11-27-46)42-53(54)65-71-62(47-28-12-5-13-29-47)68-63(72-65)48-30-14-6-15-31-48/h3-42,66H,1H2,2H3. The van der Waals surface area contributed by atoms with E-state index in [1.54, 1.807) is 0 Å². The third kappa shape index (κ3) is 8.97. The van der Waals surface area contributed by atoms with Crippen LogP contribution in [0.1, 0.15) is 16.9 Å². The Morgan fingerprint density at radius 2 is 0.838 bits per heavy atom. The van der Waals surface area contributed by atoms with Crippen LogP contribution in [0.4, 0.5) is 28.4 Å². The van der Waals surface area contributed by atoms with Crippen LogP contribution >= 0.6 is 0 Å². The van der Waals surface area contributed by atoms with Crippen LogP contribution < -0.4 is 10.2 Å². The molecule has 9 heteroatoms. The number of nitrogens with zero attached hydrogens (tertiary/aromatic N) is 7. The lowest BCUT2D eigenvalue weighted by molar-refractivity contribution is 0.577. The number of nitrogens with one attached hydrogen (secondary N) is 1. The molecule has 74 heavy (non-hydrogen) atoms. The van der Waals surface area contributed by atoms with E-state index in [-0.39, 0.29) is 0 Å². The highest BCUT2D eigenvalue weighted by Crippen LogP contribution is 2.46. The minimum Gasteiger partial charge on any atom is -0.461 e. The van der Waals surface area contributed by atoms with Crippen LogP contribution in [-0.2, 0) is 0 Å². The van der Waals surface area contributed by atoms with Crippen molar-refractivity contribution < 1.29 is 4.42 Å². The summed E-state index contributed by atoms with van der Waals surface area (Å²) in [4.78, 5) is 33.1. The number of benzene rings is 9. The van der Waals surface area contributed by atoms with Crippen molar-refractivity contribution in [1.82, 2.24) is 29.9 Å². The normalized spacial score (nSPS) is 11.1. The molecule has 3 aromatic heterocycles. The van der Waals surface area contributed by atoms with Crippen molar-refractivity contribution in [2.45, 2.75) is 6.92 Å². The van der Waals surface area contributed by atoms with Gasteiger partial charge < -0.3 is 14.6 Å². The van der Waals surface area contributed by atoms with Crippen molar-refractivity contribution in [3.8, 4) is 68.3 Å². The third-order valence-corrected chi connectivity index (χ3v) is 12.9. The van der Waals surface area contributed by atoms with Gasteiger partial charge in [-0.1, -0.05) is 195 Å². The quantitative estimate of drug-likeness (QED) is 0.121. The molecule has 1 N–H and O–H groups in total. The fraction of sp³-hybridized carbons (Fsp3) is 0.0154. The Kier molecular flexibility index (Phi) is 12.1. The van der Waals surface area contributed by atoms with E-state index in [1.165, 1.54) is 0 Å². The molecule has 0 spiro atoms. The fourth-order valence-electron chi connectivity index (χ4n) is 9.35. The molecular formula is C65H46N8O. The predicted octanol–water partition coefficient (Wildman–Crippen LogP) is 16.4. The lowest BCUT2D eigenvalue weighted by Crippen LogP contribution is -2.14. The number of hydrogen-bond donors (Lipinski definition) is 1. The Bertz CT molecular complexity index is 3840. The van der Waals surface area contributed by atoms with Crippen LogP contribution in [0.2, 0.25) is 0 Å². The molecule has 0 atom stereocenters. The van der Waals surface area contributed by atoms with Crippen molar-refractivity contribution in [3.05, 3.63) is 266 Å². The van der Waals surface area contributed by atoms with E-state index in [2.05, 4.69) is 95.1 Å². The molecule has 0 unspecified atom stereocenters. The van der Waals surface area contributed by atoms with Gasteiger partial charge in [0, 0.05) is 61.3 Å². The maximum absolute atomic E-state index is 6.29. The first-order chi connectivity index (χ1) is 36.5. The molecular weight excluding hydrogens is 909 g/mol. The minimum atomic E-state index is 0.462. The van der Waals surface area contributed by atoms with Crippen molar-refractivity contribution >= 4 is 45.0 Å². The Balaban J connectivity index is 1.05. The van der Waals surface area contributed by atoms with Gasteiger partial charge in [0.05, 0.1) is 17.1 Å². The van der Waals surface area contributed by atoms with Crippen LogP contribution in [0.3, 0.4) is 0 Å². The van der Waals surface area contributed by atoms with Crippen molar-refractivity contribution in [1.29, 1.82) is 0 Å². The monoisotopic (exact) mass is 954 g/mol. The highest BCUT2D eigenvalue weighted by molar-refractivity contribution is 6.01. The molecule has 0 saturated carbocycles. The van der Waals surface area contributed by atoms with Gasteiger partial charge in [0.2, 0.25) is 0 Å². The Morgan fingerprint density at radius 1 is 0.405 bits per heavy atom. The number of para-hydroxylation sites is 5. The SMILES string of the molecule is C=C(c1ccccc1N(c1ccccc1)c1ccccc1Nc1ccc(-c2nc(-c3ccccc3)nc(-c3ccccc3)n2)cc1-c1nc(-c2ccccc2)nc(-c2ccccc2)n1)c1c(C)oc2ccccc12. The largest absolute Gasteiger partial charge is 0.461 e. The van der Waals surface area contributed by atoms with Gasteiger partial charge in [0.15, 0.2) is 34.9 Å². The van der Waals surface area contributed by atoms with E-state index in [9.17, 15) is 0 Å². The summed E-state index contributed by atoms with van der Waals surface area (Å²) in [5.74, 6) is 3.97. The van der Waals surface area contributed by atoms with Gasteiger partial charge in [0.1, 0.15) is 11.3 Å². The molecule has 12 rings (SSSR count). The summed E-state index contributed by atoms with van der Waals surface area (Å²) < 4.78 is 6.29. The third-order valence-electron chi connectivity index (χ3n) is 12.9. The molecule has 0 aliphatic rings. The van der Waals surface area contributed by atoms with E-state index in [4.69, 9.17) is 40.9 Å². The maximum atomic E-state index is 6.29. The Labute approximate surface area is 429 Å². The van der Waals surface area contributed by atoms with Crippen LogP contribution in [0.25, 0.3) is 84.9 Å². The van der Waals surface area contributed by atoms with Gasteiger partial charge in [-0.3, -0.25) is 0 Å². The highest BCUT2D eigenvalue weighted by Gasteiger charge is 2.25. The zero-order valence-electron chi connectivity index (χ0n) is 40.3. The summed E-state index contributed by atoms with van der Waals surface area (Å²) >= 11 is 0. The lowest BCUT2D eigenvalue weighted by atomic mass is 9.94. The molecule has 0 radical (unpaired) electrons. The van der Waals surface area contributed by atoms with Gasteiger partial charge >= 0.3 is 0 Å². The van der Waals surface area contributed by atoms with E-state index in [0.717, 1.165) is 89.7 Å². The molecule has 0 bridgehead atoms. The first kappa shape index (κ1) is 45.0. The molecule has 0 aliphatic heterocycles. The van der Waals surface area contributed by atoms with Crippen molar-refractivity contribution in [2.24, 2.45) is 0 Å². The minimum absolute atomic E-state index is 0.462. The molecule has 9 aromatic carbocycles. The summed E-state index contributed by atoms with van der Waals surface area (Å²) in [5, 5.41) is 4.92. The number of aryl methyl sites for hydroxylation is 1. The summed E-state index contributed by atoms with van der Waals surface area (Å²) in [6.45, 7) is 6.75. The van der Waals surface area contributed by atoms with Crippen molar-refractivity contribution in [2.75, 3.05) is 10.2 Å². The van der Waals surface area contributed by atoms with Gasteiger partial charge in [-0.15, -0.1) is 0 Å². The Morgan fingerprint density at radius 3 is 1.39 bits per heavy atom. The van der Waals surface area contributed by atoms with Crippen LogP contribution in [-0.4, -0.2) is 29.9 Å². The molecule has 0 amide bonds. The second-order valence-electron chi connectivity index (χ2n) is 17.7. The first-order valence-corrected chi connectivity index (χ1v) is 24.4. The zero-order valence-corrected chi connectivity index (χ0v) is 40.3. The van der Waals surface area contributed by atoms with Gasteiger partial charge in [-0.2, -0.15) is 0 Å². The average molecular weight is 955 g/mol. The number of hydrogen-bond acceptors (Lipinski definition) is 9. The summed E-state index contributed by atoms with van der Waals surface area (Å²) in [6, 6.07) is 81.4. The van der Waals surface area contributed by atoms with E-state index >= 15 is 0 Å². The first-order valence-electron chi connectivity index (χ1n) is 24.4. The number of furan rings is 1. The molecule has 0 fully saturated rings. The van der Waals surface area contributed by atoms with E-state index < -0.39 is 0 Å². The molecule has 3 heterocycles. The topological polar surface area (TPSA) is 106 Å². The zero-order chi connectivity index (χ0) is 49.8. The summed E-state index contributed by atoms with van der Waals surface area (Å²) in [6.07, 6.45) is 0. The van der Waals surface area contributed by atoms with Gasteiger partial charge in [-0.25, -0.2) is 29.9 Å². The van der Waals surface area contributed by atoms with Crippen LogP contribution in [0.5, 0.6) is 0 Å². The van der Waals surface area contributed by atoms with E-state index in [0.29, 0.717) is 40.5 Å². The summed E-state index contributed by atoms with van der Waals surface area (Å²) in [7, 11) is 0. The fourth-order valence-corrected chi connectivity index (χ4v) is 9.35. The number of aromatic nitrogens is 6. The summed E-state index contributed by atoms with van der Waals surface area (Å²) in [5.41, 5.74) is 12.9. The van der Waals surface area contributed by atoms with Crippen molar-refractivity contribution in [3.63, 3.8) is 0 Å². The second-order valence-corrected chi connectivity index (χ2v) is 17.7. The highest BCUT2D eigenvalue weighted by atomic mass is 16.3. The lowest BCUT2D eigenvalue weighted by Gasteiger charge is -2.30. The molecule has 0 saturated heterocycles. The van der Waals surface area contributed by atoms with Crippen LogP contribution in [0, 0.1) is 6.92 Å². The molecule has 352 valence electrons. The molecule has 9 nitrogen and oxygen atoms in total. The smallest absolute Gasteiger partial charge is 0.166 e. The average Bonchev–Trinajstić information content (AvgIpc) is 3.82. The Hall–Kier alpha value is -10.1. The number of rotatable bonds is 13. The van der Waals surface area contributed by atoms with Gasteiger partial charge in [-0.05, 0) is 67.1 Å². The number of fused-ring (bicyclic) bond motifs is 1. The van der Waals surface area contributed by atoms with E-state index in [1.807, 2.05) is 165 Å². The maximum Gasteiger partial charge on any atom is 0.166 e. The van der Waals surface area contributed by atoms with Crippen LogP contribution in [0.15, 0.2) is 254 Å². The number of anilines is 5. The predicted molar refractivity (Wildman–Crippen MR) is 299 cm³/mol. The molecule has 0 aliphatic carbocycles. The molecule has 12 aromatic rings. The second kappa shape index (κ2) is 19.9.